The zero-order chi connectivity index (χ0) is 17.2. The molecule has 0 fully saturated rings. The van der Waals surface area contributed by atoms with Gasteiger partial charge in [-0.1, -0.05) is 33.7 Å². The van der Waals surface area contributed by atoms with Crippen LogP contribution in [0.25, 0.3) is 5.65 Å². The van der Waals surface area contributed by atoms with Crippen LogP contribution in [0.2, 0.25) is 0 Å². The van der Waals surface area contributed by atoms with E-state index in [9.17, 15) is 4.79 Å². The molecule has 0 saturated carbocycles. The number of aromatic nitrogens is 6. The SMILES string of the molecule is Cc1nnsc1C(=O)Nc1nnc(SCc2cn3ccccc3n2)s1. The third-order valence-electron chi connectivity index (χ3n) is 3.24. The van der Waals surface area contributed by atoms with E-state index in [0.29, 0.717) is 21.5 Å². The zero-order valence-electron chi connectivity index (χ0n) is 12.9. The van der Waals surface area contributed by atoms with E-state index in [1.54, 1.807) is 6.92 Å². The van der Waals surface area contributed by atoms with E-state index in [-0.39, 0.29) is 5.91 Å². The van der Waals surface area contributed by atoms with Crippen molar-refractivity contribution in [1.82, 2.24) is 29.2 Å². The van der Waals surface area contributed by atoms with E-state index >= 15 is 0 Å². The summed E-state index contributed by atoms with van der Waals surface area (Å²) < 4.78 is 6.50. The van der Waals surface area contributed by atoms with Gasteiger partial charge < -0.3 is 4.40 Å². The molecule has 0 bridgehead atoms. The van der Waals surface area contributed by atoms with Crippen LogP contribution in [0.4, 0.5) is 5.13 Å². The first kappa shape index (κ1) is 16.1. The Labute approximate surface area is 154 Å². The van der Waals surface area contributed by atoms with Crippen LogP contribution in [0.5, 0.6) is 0 Å². The molecule has 4 aromatic heterocycles. The second-order valence-electron chi connectivity index (χ2n) is 5.00. The fourth-order valence-corrected chi connectivity index (χ4v) is 4.29. The minimum absolute atomic E-state index is 0.263. The number of aryl methyl sites for hydroxylation is 1. The van der Waals surface area contributed by atoms with Gasteiger partial charge in [0.25, 0.3) is 5.91 Å². The van der Waals surface area contributed by atoms with Crippen molar-refractivity contribution in [2.24, 2.45) is 0 Å². The average Bonchev–Trinajstić information content (AvgIpc) is 3.31. The first-order valence-electron chi connectivity index (χ1n) is 7.18. The largest absolute Gasteiger partial charge is 0.307 e. The molecule has 126 valence electrons. The summed E-state index contributed by atoms with van der Waals surface area (Å²) in [5.41, 5.74) is 2.48. The second-order valence-corrected chi connectivity index (χ2v) is 7.96. The van der Waals surface area contributed by atoms with Crippen LogP contribution in [0, 0.1) is 6.92 Å². The first-order valence-corrected chi connectivity index (χ1v) is 9.76. The molecule has 0 unspecified atom stereocenters. The molecular formula is C14H11N7OS3. The summed E-state index contributed by atoms with van der Waals surface area (Å²) in [6, 6.07) is 5.88. The van der Waals surface area contributed by atoms with Gasteiger partial charge in [0.05, 0.1) is 11.4 Å². The van der Waals surface area contributed by atoms with Gasteiger partial charge in [0.2, 0.25) is 5.13 Å². The molecule has 0 aliphatic rings. The van der Waals surface area contributed by atoms with Gasteiger partial charge in [-0.25, -0.2) is 4.98 Å². The van der Waals surface area contributed by atoms with Crippen molar-refractivity contribution in [3.8, 4) is 0 Å². The van der Waals surface area contributed by atoms with E-state index in [0.717, 1.165) is 27.2 Å². The number of hydrogen-bond acceptors (Lipinski definition) is 9. The van der Waals surface area contributed by atoms with Crippen molar-refractivity contribution >= 4 is 51.3 Å². The fourth-order valence-electron chi connectivity index (χ4n) is 2.10. The highest BCUT2D eigenvalue weighted by atomic mass is 32.2. The van der Waals surface area contributed by atoms with E-state index < -0.39 is 0 Å². The molecule has 11 heteroatoms. The Morgan fingerprint density at radius 1 is 1.32 bits per heavy atom. The van der Waals surface area contributed by atoms with E-state index in [4.69, 9.17) is 0 Å². The van der Waals surface area contributed by atoms with E-state index in [1.807, 2.05) is 35.0 Å². The van der Waals surface area contributed by atoms with Crippen molar-refractivity contribution in [2.45, 2.75) is 17.0 Å². The number of thioether (sulfide) groups is 1. The lowest BCUT2D eigenvalue weighted by atomic mass is 10.4. The predicted octanol–water partition coefficient (Wildman–Crippen LogP) is 2.89. The summed E-state index contributed by atoms with van der Waals surface area (Å²) >= 11 is 3.92. The van der Waals surface area contributed by atoms with Crippen molar-refractivity contribution < 1.29 is 4.79 Å². The first-order chi connectivity index (χ1) is 12.2. The third kappa shape index (κ3) is 3.52. The Morgan fingerprint density at radius 3 is 3.04 bits per heavy atom. The molecule has 4 rings (SSSR count). The Balaban J connectivity index is 1.39. The highest BCUT2D eigenvalue weighted by Gasteiger charge is 2.15. The van der Waals surface area contributed by atoms with Crippen LogP contribution in [-0.2, 0) is 5.75 Å². The maximum atomic E-state index is 12.1. The van der Waals surface area contributed by atoms with Gasteiger partial charge in [-0.2, -0.15) is 0 Å². The van der Waals surface area contributed by atoms with Gasteiger partial charge in [-0.3, -0.25) is 10.1 Å². The van der Waals surface area contributed by atoms with Gasteiger partial charge in [0.1, 0.15) is 10.5 Å². The molecule has 0 aliphatic carbocycles. The summed E-state index contributed by atoms with van der Waals surface area (Å²) in [5, 5.41) is 15.1. The molecule has 0 aliphatic heterocycles. The molecule has 0 aromatic carbocycles. The van der Waals surface area contributed by atoms with E-state index in [2.05, 4.69) is 30.1 Å². The maximum absolute atomic E-state index is 12.1. The lowest BCUT2D eigenvalue weighted by Crippen LogP contribution is -2.11. The van der Waals surface area contributed by atoms with Crippen molar-refractivity contribution in [1.29, 1.82) is 0 Å². The third-order valence-corrected chi connectivity index (χ3v) is 6.07. The smallest absolute Gasteiger partial charge is 0.271 e. The Bertz CT molecular complexity index is 1000. The molecule has 0 radical (unpaired) electrons. The molecule has 0 saturated heterocycles. The minimum Gasteiger partial charge on any atom is -0.307 e. The minimum atomic E-state index is -0.263. The quantitative estimate of drug-likeness (QED) is 0.414. The van der Waals surface area contributed by atoms with Crippen LogP contribution in [-0.4, -0.2) is 35.1 Å². The number of pyridine rings is 1. The maximum Gasteiger partial charge on any atom is 0.271 e. The molecule has 0 spiro atoms. The van der Waals surface area contributed by atoms with Crippen LogP contribution in [0.3, 0.4) is 0 Å². The molecule has 8 nitrogen and oxygen atoms in total. The average molecular weight is 389 g/mol. The van der Waals surface area contributed by atoms with Crippen LogP contribution in [0.15, 0.2) is 34.9 Å². The summed E-state index contributed by atoms with van der Waals surface area (Å²) in [5.74, 6) is 0.419. The number of rotatable bonds is 5. The number of nitrogens with zero attached hydrogens (tertiary/aromatic N) is 6. The highest BCUT2D eigenvalue weighted by Crippen LogP contribution is 2.28. The molecule has 0 atom stereocenters. The Hall–Kier alpha value is -2.37. The van der Waals surface area contributed by atoms with Crippen molar-refractivity contribution in [3.63, 3.8) is 0 Å². The predicted molar refractivity (Wildman–Crippen MR) is 97.3 cm³/mol. The summed E-state index contributed by atoms with van der Waals surface area (Å²) in [7, 11) is 0. The molecule has 1 N–H and O–H groups in total. The second kappa shape index (κ2) is 6.86. The molecule has 25 heavy (non-hydrogen) atoms. The number of anilines is 1. The standard InChI is InChI=1S/C14H11N7OS3/c1-8-11(25-20-17-8)12(22)16-13-18-19-14(24-13)23-7-9-6-21-5-3-2-4-10(21)15-9/h2-6H,7H2,1H3,(H,16,18,22). The lowest BCUT2D eigenvalue weighted by Gasteiger charge is -1.96. The highest BCUT2D eigenvalue weighted by molar-refractivity contribution is 8.00. The topological polar surface area (TPSA) is 98.0 Å². The van der Waals surface area contributed by atoms with Crippen molar-refractivity contribution in [2.75, 3.05) is 5.32 Å². The lowest BCUT2D eigenvalue weighted by molar-refractivity contribution is 0.102. The van der Waals surface area contributed by atoms with Gasteiger partial charge in [-0.05, 0) is 30.6 Å². The molecular weight excluding hydrogens is 378 g/mol. The summed E-state index contributed by atoms with van der Waals surface area (Å²) in [6.45, 7) is 1.74. The number of nitrogens with one attached hydrogen (secondary N) is 1. The number of carbonyl (C=O) groups excluding carboxylic acids is 1. The van der Waals surface area contributed by atoms with Crippen molar-refractivity contribution in [3.05, 3.63) is 46.9 Å². The van der Waals surface area contributed by atoms with Crippen LogP contribution in [0.1, 0.15) is 21.1 Å². The van der Waals surface area contributed by atoms with Gasteiger partial charge in [0.15, 0.2) is 4.34 Å². The van der Waals surface area contributed by atoms with Gasteiger partial charge in [0, 0.05) is 18.1 Å². The molecule has 4 heterocycles. The van der Waals surface area contributed by atoms with E-state index in [1.165, 1.54) is 23.1 Å². The number of imidazole rings is 1. The fraction of sp³-hybridized carbons (Fsp3) is 0.143. The number of amides is 1. The number of hydrogen-bond donors (Lipinski definition) is 1. The normalized spacial score (nSPS) is 11.1. The van der Waals surface area contributed by atoms with Gasteiger partial charge >= 0.3 is 0 Å². The number of carbonyl (C=O) groups is 1. The zero-order valence-corrected chi connectivity index (χ0v) is 15.4. The monoisotopic (exact) mass is 389 g/mol. The Morgan fingerprint density at radius 2 is 2.24 bits per heavy atom. The Kier molecular flexibility index (Phi) is 4.42. The van der Waals surface area contributed by atoms with Crippen LogP contribution < -0.4 is 5.32 Å². The van der Waals surface area contributed by atoms with Gasteiger partial charge in [-0.15, -0.1) is 15.3 Å². The molecule has 1 amide bonds. The summed E-state index contributed by atoms with van der Waals surface area (Å²) in [6.07, 6.45) is 3.96. The molecule has 4 aromatic rings. The number of fused-ring (bicyclic) bond motifs is 1. The van der Waals surface area contributed by atoms with Crippen LogP contribution >= 0.6 is 34.6 Å². The summed E-state index contributed by atoms with van der Waals surface area (Å²) in [4.78, 5) is 17.1.